The van der Waals surface area contributed by atoms with E-state index in [1.54, 1.807) is 7.11 Å². The van der Waals surface area contributed by atoms with Crippen molar-refractivity contribution in [1.82, 2.24) is 20.6 Å². The van der Waals surface area contributed by atoms with Crippen molar-refractivity contribution in [2.24, 2.45) is 0 Å². The first-order chi connectivity index (χ1) is 17.1. The third kappa shape index (κ3) is 4.99. The van der Waals surface area contributed by atoms with Crippen LogP contribution in [0.25, 0.3) is 11.4 Å². The minimum absolute atomic E-state index is 0.511. The summed E-state index contributed by atoms with van der Waals surface area (Å²) in [6.45, 7) is 2.11. The number of hydrogen-bond donors (Lipinski definition) is 2. The van der Waals surface area contributed by atoms with Crippen LogP contribution in [0.1, 0.15) is 49.1 Å². The Labute approximate surface area is 206 Å². The number of rotatable bonds is 7. The summed E-state index contributed by atoms with van der Waals surface area (Å²) in [5.74, 6) is 1.97. The molecule has 35 heavy (non-hydrogen) atoms. The first-order valence-corrected chi connectivity index (χ1v) is 12.3. The summed E-state index contributed by atoms with van der Waals surface area (Å²) in [7, 11) is 3.76. The van der Waals surface area contributed by atoms with Gasteiger partial charge in [0, 0.05) is 29.8 Å². The van der Waals surface area contributed by atoms with E-state index < -0.39 is 0 Å². The molecule has 1 heterocycles. The summed E-state index contributed by atoms with van der Waals surface area (Å²) in [6, 6.07) is 21.4. The largest absolute Gasteiger partial charge is 0.497 e. The highest BCUT2D eigenvalue weighted by Crippen LogP contribution is 2.36. The third-order valence-electron chi connectivity index (χ3n) is 7.04. The number of hydrogen-bond acceptors (Lipinski definition) is 6. The van der Waals surface area contributed by atoms with Gasteiger partial charge in [-0.3, -0.25) is 0 Å². The van der Waals surface area contributed by atoms with Gasteiger partial charge in [0.1, 0.15) is 5.75 Å². The van der Waals surface area contributed by atoms with Crippen LogP contribution in [0.15, 0.2) is 60.7 Å². The Bertz CT molecular complexity index is 1260. The molecule has 0 spiro atoms. The van der Waals surface area contributed by atoms with Gasteiger partial charge in [-0.15, -0.1) is 10.2 Å². The fraction of sp³-hybridized carbons (Fsp3) is 0.321. The molecule has 1 saturated carbocycles. The second-order valence-electron chi connectivity index (χ2n) is 9.26. The monoisotopic (exact) mass is 468 g/mol. The molecule has 1 aliphatic rings. The molecule has 180 valence electrons. The quantitative estimate of drug-likeness (QED) is 0.313. The zero-order chi connectivity index (χ0) is 24.2. The lowest BCUT2D eigenvalue weighted by Crippen LogP contribution is -2.10. The molecule has 4 aromatic rings. The summed E-state index contributed by atoms with van der Waals surface area (Å²) < 4.78 is 5.39. The highest BCUT2D eigenvalue weighted by molar-refractivity contribution is 5.80. The molecule has 7 heteroatoms. The van der Waals surface area contributed by atoms with Crippen LogP contribution in [0.4, 0.5) is 22.7 Å². The Morgan fingerprint density at radius 2 is 1.66 bits per heavy atom. The van der Waals surface area contributed by atoms with Gasteiger partial charge in [0.15, 0.2) is 0 Å². The Balaban J connectivity index is 1.35. The van der Waals surface area contributed by atoms with Crippen molar-refractivity contribution >= 4 is 22.7 Å². The molecular formula is C28H32N6O. The molecule has 0 aliphatic heterocycles. The number of aromatic amines is 1. The molecule has 1 aliphatic carbocycles. The molecule has 5 rings (SSSR count). The van der Waals surface area contributed by atoms with Crippen LogP contribution >= 0.6 is 0 Å². The molecule has 0 saturated heterocycles. The van der Waals surface area contributed by atoms with Gasteiger partial charge in [0.05, 0.1) is 12.7 Å². The molecular weight excluding hydrogens is 436 g/mol. The molecule has 0 radical (unpaired) electrons. The Morgan fingerprint density at radius 1 is 0.914 bits per heavy atom. The zero-order valence-electron chi connectivity index (χ0n) is 20.6. The topological polar surface area (TPSA) is 79.0 Å². The minimum Gasteiger partial charge on any atom is -0.497 e. The number of ether oxygens (including phenoxy) is 1. The van der Waals surface area contributed by atoms with Gasteiger partial charge in [0.2, 0.25) is 5.82 Å². The maximum absolute atomic E-state index is 5.39. The van der Waals surface area contributed by atoms with Crippen LogP contribution in [-0.2, 0) is 0 Å². The smallest absolute Gasteiger partial charge is 0.206 e. The van der Waals surface area contributed by atoms with E-state index in [0.29, 0.717) is 5.82 Å². The van der Waals surface area contributed by atoms with E-state index in [1.807, 2.05) is 18.2 Å². The van der Waals surface area contributed by atoms with Gasteiger partial charge in [-0.2, -0.15) is 5.21 Å². The third-order valence-corrected chi connectivity index (χ3v) is 7.04. The highest BCUT2D eigenvalue weighted by Gasteiger charge is 2.16. The number of H-pyrrole nitrogens is 1. The number of nitrogens with zero attached hydrogens (tertiary/aromatic N) is 4. The number of aromatic nitrogens is 4. The number of aryl methyl sites for hydroxylation is 1. The van der Waals surface area contributed by atoms with Gasteiger partial charge in [-0.1, -0.05) is 31.4 Å². The van der Waals surface area contributed by atoms with Crippen LogP contribution in [0.3, 0.4) is 0 Å². The fourth-order valence-electron chi connectivity index (χ4n) is 4.92. The van der Waals surface area contributed by atoms with Gasteiger partial charge in [-0.25, -0.2) is 0 Å². The van der Waals surface area contributed by atoms with E-state index in [4.69, 9.17) is 4.74 Å². The Kier molecular flexibility index (Phi) is 6.66. The molecule has 3 aromatic carbocycles. The molecule has 0 amide bonds. The Morgan fingerprint density at radius 3 is 2.34 bits per heavy atom. The maximum Gasteiger partial charge on any atom is 0.206 e. The first kappa shape index (κ1) is 22.9. The minimum atomic E-state index is 0.511. The molecule has 0 atom stereocenters. The van der Waals surface area contributed by atoms with E-state index >= 15 is 0 Å². The summed E-state index contributed by atoms with van der Waals surface area (Å²) in [5.41, 5.74) is 7.68. The zero-order valence-corrected chi connectivity index (χ0v) is 20.6. The second-order valence-corrected chi connectivity index (χ2v) is 9.26. The lowest BCUT2D eigenvalue weighted by Gasteiger charge is -2.24. The van der Waals surface area contributed by atoms with Crippen LogP contribution in [0.5, 0.6) is 5.75 Å². The molecule has 0 bridgehead atoms. The van der Waals surface area contributed by atoms with Gasteiger partial charge in [-0.05, 0) is 90.6 Å². The van der Waals surface area contributed by atoms with Crippen LogP contribution in [0, 0.1) is 6.92 Å². The van der Waals surface area contributed by atoms with Crippen LogP contribution in [-0.4, -0.2) is 34.8 Å². The maximum atomic E-state index is 5.39. The number of tetrazole rings is 1. The van der Waals surface area contributed by atoms with E-state index in [9.17, 15) is 0 Å². The highest BCUT2D eigenvalue weighted by atomic mass is 16.5. The van der Waals surface area contributed by atoms with E-state index in [2.05, 4.69) is 87.3 Å². The Hall–Kier alpha value is -3.87. The lowest BCUT2D eigenvalue weighted by atomic mass is 9.84. The molecule has 1 aromatic heterocycles. The molecule has 0 unspecified atom stereocenters. The van der Waals surface area contributed by atoms with Gasteiger partial charge >= 0.3 is 0 Å². The normalized spacial score (nSPS) is 14.0. The van der Waals surface area contributed by atoms with E-state index in [0.717, 1.165) is 39.9 Å². The van der Waals surface area contributed by atoms with Crippen LogP contribution in [0.2, 0.25) is 0 Å². The van der Waals surface area contributed by atoms with Gasteiger partial charge in [0.25, 0.3) is 0 Å². The molecule has 7 nitrogen and oxygen atoms in total. The predicted octanol–water partition coefficient (Wildman–Crippen LogP) is 6.74. The van der Waals surface area contributed by atoms with Crippen molar-refractivity contribution in [3.8, 4) is 17.1 Å². The predicted molar refractivity (Wildman–Crippen MR) is 141 cm³/mol. The standard InChI is InChI=1S/C28H32N6O/c1-19-17-23(34(2)22-11-9-21(10-12-22)20-7-5-4-6-8-20)13-15-26(19)29-27-16-14-24(35-3)18-25(27)28-30-32-33-31-28/h9-18,20,29H,4-8H2,1-3H3,(H,30,31,32,33). The second kappa shape index (κ2) is 10.2. The average molecular weight is 469 g/mol. The number of anilines is 4. The van der Waals surface area contributed by atoms with E-state index in [1.165, 1.54) is 43.4 Å². The number of nitrogens with one attached hydrogen (secondary N) is 2. The number of methoxy groups -OCH3 is 1. The van der Waals surface area contributed by atoms with Crippen molar-refractivity contribution in [3.63, 3.8) is 0 Å². The van der Waals surface area contributed by atoms with Crippen molar-refractivity contribution in [2.45, 2.75) is 44.9 Å². The van der Waals surface area contributed by atoms with Crippen molar-refractivity contribution in [2.75, 3.05) is 24.4 Å². The summed E-state index contributed by atoms with van der Waals surface area (Å²) >= 11 is 0. The molecule has 1 fully saturated rings. The fourth-order valence-corrected chi connectivity index (χ4v) is 4.92. The van der Waals surface area contributed by atoms with E-state index in [-0.39, 0.29) is 0 Å². The van der Waals surface area contributed by atoms with Crippen molar-refractivity contribution in [1.29, 1.82) is 0 Å². The summed E-state index contributed by atoms with van der Waals surface area (Å²) in [4.78, 5) is 2.24. The lowest BCUT2D eigenvalue weighted by molar-refractivity contribution is 0.415. The van der Waals surface area contributed by atoms with Crippen molar-refractivity contribution in [3.05, 3.63) is 71.8 Å². The average Bonchev–Trinajstić information content (AvgIpc) is 3.45. The SMILES string of the molecule is COc1ccc(Nc2ccc(N(C)c3ccc(C4CCCCC4)cc3)cc2C)c(-c2nn[nH]n2)c1. The first-order valence-electron chi connectivity index (χ1n) is 12.3. The van der Waals surface area contributed by atoms with Crippen LogP contribution < -0.4 is 15.0 Å². The summed E-state index contributed by atoms with van der Waals surface area (Å²) in [6.07, 6.45) is 6.76. The molecule has 2 N–H and O–H groups in total. The van der Waals surface area contributed by atoms with Gasteiger partial charge < -0.3 is 15.0 Å². The summed E-state index contributed by atoms with van der Waals surface area (Å²) in [5, 5.41) is 18.0. The van der Waals surface area contributed by atoms with Crippen molar-refractivity contribution < 1.29 is 4.74 Å². The number of benzene rings is 3.